The van der Waals surface area contributed by atoms with Gasteiger partial charge in [-0.3, -0.25) is 0 Å². The van der Waals surface area contributed by atoms with Gasteiger partial charge in [-0.1, -0.05) is 60.7 Å². The number of aliphatic hydroxyl groups is 1. The van der Waals surface area contributed by atoms with Crippen LogP contribution in [0, 0.1) is 0 Å². The van der Waals surface area contributed by atoms with Gasteiger partial charge in [-0.25, -0.2) is 4.98 Å². The van der Waals surface area contributed by atoms with Crippen molar-refractivity contribution in [2.45, 2.75) is 13.0 Å². The van der Waals surface area contributed by atoms with Crippen molar-refractivity contribution in [1.82, 2.24) is 4.98 Å². The van der Waals surface area contributed by atoms with Crippen molar-refractivity contribution in [1.29, 1.82) is 0 Å². The van der Waals surface area contributed by atoms with Crippen LogP contribution in [0.5, 0.6) is 0 Å². The van der Waals surface area contributed by atoms with Gasteiger partial charge in [0.1, 0.15) is 5.01 Å². The molecule has 1 N–H and O–H groups in total. The molecule has 3 rings (SSSR count). The summed E-state index contributed by atoms with van der Waals surface area (Å²) >= 11 is 1.57. The lowest BCUT2D eigenvalue weighted by atomic mass is 10.1. The minimum atomic E-state index is -0.000704. The first-order valence-electron chi connectivity index (χ1n) is 6.55. The molecular weight excluding hydrogens is 266 g/mol. The molecule has 0 radical (unpaired) electrons. The predicted octanol–water partition coefficient (Wildman–Crippen LogP) is 3.89. The van der Waals surface area contributed by atoms with Crippen LogP contribution in [-0.4, -0.2) is 10.1 Å². The fourth-order valence-electron chi connectivity index (χ4n) is 2.19. The topological polar surface area (TPSA) is 33.1 Å². The second-order valence-corrected chi connectivity index (χ2v) is 5.65. The Balaban J connectivity index is 2.00. The van der Waals surface area contributed by atoms with Crippen molar-refractivity contribution >= 4 is 11.3 Å². The Kier molecular flexibility index (Phi) is 3.90. The molecule has 0 saturated carbocycles. The van der Waals surface area contributed by atoms with Gasteiger partial charge >= 0.3 is 0 Å². The van der Waals surface area contributed by atoms with Gasteiger partial charge in [-0.05, 0) is 11.1 Å². The molecular formula is C17H15NOS. The fourth-order valence-corrected chi connectivity index (χ4v) is 3.14. The lowest BCUT2D eigenvalue weighted by molar-refractivity contribution is 0.281. The molecule has 2 aromatic carbocycles. The number of nitrogens with zero attached hydrogens (tertiary/aromatic N) is 1. The zero-order valence-corrected chi connectivity index (χ0v) is 11.8. The summed E-state index contributed by atoms with van der Waals surface area (Å²) in [7, 11) is 0. The van der Waals surface area contributed by atoms with Crippen LogP contribution in [0.15, 0.2) is 60.7 Å². The Hall–Kier alpha value is -1.97. The third-order valence-corrected chi connectivity index (χ3v) is 4.26. The number of aliphatic hydroxyl groups excluding tert-OH is 1. The molecule has 0 aliphatic rings. The van der Waals surface area contributed by atoms with E-state index < -0.39 is 0 Å². The SMILES string of the molecule is OCc1nc(Cc2ccccc2)c(-c2ccccc2)s1. The summed E-state index contributed by atoms with van der Waals surface area (Å²) < 4.78 is 0. The molecule has 0 amide bonds. The number of hydrogen-bond donors (Lipinski definition) is 1. The second kappa shape index (κ2) is 5.99. The standard InChI is InChI=1S/C17H15NOS/c19-12-16-18-15(11-13-7-3-1-4-8-13)17(20-16)14-9-5-2-6-10-14/h1-10,19H,11-12H2. The van der Waals surface area contributed by atoms with Crippen LogP contribution in [0.2, 0.25) is 0 Å². The van der Waals surface area contributed by atoms with Gasteiger partial charge < -0.3 is 5.11 Å². The van der Waals surface area contributed by atoms with Gasteiger partial charge in [0, 0.05) is 6.42 Å². The van der Waals surface area contributed by atoms with Gasteiger partial charge in [0.15, 0.2) is 0 Å². The first kappa shape index (κ1) is 13.0. The highest BCUT2D eigenvalue weighted by molar-refractivity contribution is 7.15. The lowest BCUT2D eigenvalue weighted by Crippen LogP contribution is -1.91. The first-order chi connectivity index (χ1) is 9.86. The van der Waals surface area contributed by atoms with Gasteiger partial charge in [0.2, 0.25) is 0 Å². The molecule has 1 heterocycles. The van der Waals surface area contributed by atoms with Gasteiger partial charge in [-0.15, -0.1) is 11.3 Å². The maximum atomic E-state index is 9.34. The molecule has 0 bridgehead atoms. The van der Waals surface area contributed by atoms with E-state index in [1.165, 1.54) is 5.56 Å². The number of aromatic nitrogens is 1. The predicted molar refractivity (Wildman–Crippen MR) is 82.7 cm³/mol. The van der Waals surface area contributed by atoms with Crippen molar-refractivity contribution in [3.05, 3.63) is 76.9 Å². The summed E-state index contributed by atoms with van der Waals surface area (Å²) in [6, 6.07) is 20.5. The van der Waals surface area contributed by atoms with Crippen molar-refractivity contribution in [2.75, 3.05) is 0 Å². The number of thiazole rings is 1. The molecule has 0 fully saturated rings. The highest BCUT2D eigenvalue weighted by Crippen LogP contribution is 2.31. The molecule has 2 nitrogen and oxygen atoms in total. The molecule has 20 heavy (non-hydrogen) atoms. The van der Waals surface area contributed by atoms with Gasteiger partial charge in [0.05, 0.1) is 17.2 Å². The van der Waals surface area contributed by atoms with E-state index in [0.717, 1.165) is 27.6 Å². The van der Waals surface area contributed by atoms with Crippen molar-refractivity contribution in [2.24, 2.45) is 0 Å². The molecule has 0 unspecified atom stereocenters. The molecule has 0 aliphatic carbocycles. The third kappa shape index (κ3) is 2.79. The minimum Gasteiger partial charge on any atom is -0.389 e. The fraction of sp³-hybridized carbons (Fsp3) is 0.118. The lowest BCUT2D eigenvalue weighted by Gasteiger charge is -2.02. The van der Waals surface area contributed by atoms with E-state index in [1.807, 2.05) is 36.4 Å². The summed E-state index contributed by atoms with van der Waals surface area (Å²) in [6.45, 7) is -0.000704. The maximum absolute atomic E-state index is 9.34. The average molecular weight is 281 g/mol. The van der Waals surface area contributed by atoms with Gasteiger partial charge in [-0.2, -0.15) is 0 Å². The number of benzene rings is 2. The van der Waals surface area contributed by atoms with E-state index in [0.29, 0.717) is 0 Å². The molecule has 100 valence electrons. The van der Waals surface area contributed by atoms with Crippen molar-refractivity contribution in [3.63, 3.8) is 0 Å². The van der Waals surface area contributed by atoms with E-state index in [-0.39, 0.29) is 6.61 Å². The smallest absolute Gasteiger partial charge is 0.119 e. The van der Waals surface area contributed by atoms with Gasteiger partial charge in [0.25, 0.3) is 0 Å². The molecule has 1 aromatic heterocycles. The molecule has 3 aromatic rings. The van der Waals surface area contributed by atoms with Crippen LogP contribution < -0.4 is 0 Å². The van der Waals surface area contributed by atoms with Crippen LogP contribution in [0.1, 0.15) is 16.3 Å². The second-order valence-electron chi connectivity index (χ2n) is 4.57. The molecule has 0 saturated heterocycles. The Morgan fingerprint density at radius 2 is 1.55 bits per heavy atom. The summed E-state index contributed by atoms with van der Waals surface area (Å²) in [6.07, 6.45) is 0.793. The number of hydrogen-bond acceptors (Lipinski definition) is 3. The quantitative estimate of drug-likeness (QED) is 0.787. The average Bonchev–Trinajstić information content (AvgIpc) is 2.92. The maximum Gasteiger partial charge on any atom is 0.119 e. The molecule has 0 aliphatic heterocycles. The molecule has 3 heteroatoms. The van der Waals surface area contributed by atoms with E-state index in [4.69, 9.17) is 0 Å². The summed E-state index contributed by atoms with van der Waals surface area (Å²) in [5.74, 6) is 0. The Morgan fingerprint density at radius 3 is 2.20 bits per heavy atom. The molecule has 0 atom stereocenters. The zero-order chi connectivity index (χ0) is 13.8. The van der Waals surface area contributed by atoms with Crippen molar-refractivity contribution < 1.29 is 5.11 Å². The summed E-state index contributed by atoms with van der Waals surface area (Å²) in [4.78, 5) is 5.72. The summed E-state index contributed by atoms with van der Waals surface area (Å²) in [5.41, 5.74) is 3.44. The highest BCUT2D eigenvalue weighted by atomic mass is 32.1. The first-order valence-corrected chi connectivity index (χ1v) is 7.37. The largest absolute Gasteiger partial charge is 0.389 e. The molecule has 0 spiro atoms. The third-order valence-electron chi connectivity index (χ3n) is 3.13. The van der Waals surface area contributed by atoms with Crippen molar-refractivity contribution in [3.8, 4) is 10.4 Å². The summed E-state index contributed by atoms with van der Waals surface area (Å²) in [5, 5.41) is 10.1. The monoisotopic (exact) mass is 281 g/mol. The normalized spacial score (nSPS) is 10.7. The Morgan fingerprint density at radius 1 is 0.900 bits per heavy atom. The zero-order valence-electron chi connectivity index (χ0n) is 11.0. The van der Waals surface area contributed by atoms with Crippen LogP contribution in [-0.2, 0) is 13.0 Å². The van der Waals surface area contributed by atoms with Crippen LogP contribution in [0.3, 0.4) is 0 Å². The van der Waals surface area contributed by atoms with Crippen LogP contribution in [0.4, 0.5) is 0 Å². The van der Waals surface area contributed by atoms with E-state index in [9.17, 15) is 5.11 Å². The highest BCUT2D eigenvalue weighted by Gasteiger charge is 2.12. The number of rotatable bonds is 4. The van der Waals surface area contributed by atoms with E-state index >= 15 is 0 Å². The van der Waals surface area contributed by atoms with Crippen LogP contribution >= 0.6 is 11.3 Å². The van der Waals surface area contributed by atoms with E-state index in [1.54, 1.807) is 11.3 Å². The Bertz CT molecular complexity index is 677. The van der Waals surface area contributed by atoms with E-state index in [2.05, 4.69) is 29.2 Å². The van der Waals surface area contributed by atoms with Crippen LogP contribution in [0.25, 0.3) is 10.4 Å². The Labute approximate surface area is 122 Å². The minimum absolute atomic E-state index is 0.000704.